The monoisotopic (exact) mass is 293 g/mol. The second-order valence-electron chi connectivity index (χ2n) is 5.97. The fourth-order valence-electron chi connectivity index (χ4n) is 3.36. The smallest absolute Gasteiger partial charge is 0.228 e. The number of H-pyrrole nitrogens is 1. The molecule has 0 radical (unpaired) electrons. The van der Waals surface area contributed by atoms with Gasteiger partial charge in [0.05, 0.1) is 17.6 Å². The molecular weight excluding hydrogens is 274 g/mol. The Kier molecular flexibility index (Phi) is 3.29. The van der Waals surface area contributed by atoms with Gasteiger partial charge >= 0.3 is 0 Å². The number of nitrogens with zero attached hydrogens (tertiary/aromatic N) is 2. The molecule has 0 saturated carbocycles. The number of benzene rings is 1. The van der Waals surface area contributed by atoms with Crippen LogP contribution in [-0.4, -0.2) is 33.9 Å². The zero-order valence-corrected chi connectivity index (χ0v) is 12.5. The van der Waals surface area contributed by atoms with Gasteiger partial charge in [0.2, 0.25) is 5.91 Å². The van der Waals surface area contributed by atoms with Crippen LogP contribution in [0.25, 0.3) is 21.8 Å². The van der Waals surface area contributed by atoms with Crippen LogP contribution in [0.1, 0.15) is 25.0 Å². The Morgan fingerprint density at radius 2 is 1.91 bits per heavy atom. The Morgan fingerprint density at radius 3 is 2.77 bits per heavy atom. The van der Waals surface area contributed by atoms with E-state index in [1.807, 2.05) is 23.1 Å². The van der Waals surface area contributed by atoms with Gasteiger partial charge in [0, 0.05) is 35.6 Å². The lowest BCUT2D eigenvalue weighted by Gasteiger charge is -2.26. The number of pyridine rings is 1. The normalized spacial score (nSPS) is 15.5. The average Bonchev–Trinajstić information content (AvgIpc) is 2.95. The number of hydrogen-bond acceptors (Lipinski definition) is 2. The van der Waals surface area contributed by atoms with Gasteiger partial charge in [0.15, 0.2) is 0 Å². The van der Waals surface area contributed by atoms with E-state index in [0.717, 1.165) is 48.0 Å². The maximum absolute atomic E-state index is 12.5. The van der Waals surface area contributed by atoms with Gasteiger partial charge in [-0.2, -0.15) is 0 Å². The highest BCUT2D eigenvalue weighted by molar-refractivity contribution is 6.08. The summed E-state index contributed by atoms with van der Waals surface area (Å²) >= 11 is 0. The summed E-state index contributed by atoms with van der Waals surface area (Å²) in [5.41, 5.74) is 2.94. The number of hydrogen-bond donors (Lipinski definition) is 1. The third-order valence-electron chi connectivity index (χ3n) is 4.53. The number of carbonyl (C=O) groups excluding carboxylic acids is 1. The third-order valence-corrected chi connectivity index (χ3v) is 4.53. The Morgan fingerprint density at radius 1 is 1.09 bits per heavy atom. The van der Waals surface area contributed by atoms with Crippen molar-refractivity contribution < 1.29 is 4.79 Å². The maximum Gasteiger partial charge on any atom is 0.228 e. The fraction of sp³-hybridized carbons (Fsp3) is 0.333. The molecule has 22 heavy (non-hydrogen) atoms. The molecule has 112 valence electrons. The van der Waals surface area contributed by atoms with Crippen molar-refractivity contribution in [2.45, 2.75) is 25.7 Å². The van der Waals surface area contributed by atoms with Gasteiger partial charge in [-0.3, -0.25) is 9.78 Å². The molecule has 1 aliphatic heterocycles. The first-order chi connectivity index (χ1) is 10.8. The lowest BCUT2D eigenvalue weighted by atomic mass is 10.1. The maximum atomic E-state index is 12.5. The van der Waals surface area contributed by atoms with Crippen molar-refractivity contribution in [3.8, 4) is 0 Å². The van der Waals surface area contributed by atoms with Gasteiger partial charge < -0.3 is 9.88 Å². The highest BCUT2D eigenvalue weighted by Gasteiger charge is 2.19. The van der Waals surface area contributed by atoms with E-state index in [4.69, 9.17) is 0 Å². The summed E-state index contributed by atoms with van der Waals surface area (Å²) in [6.45, 7) is 1.78. The summed E-state index contributed by atoms with van der Waals surface area (Å²) < 4.78 is 0. The Balaban J connectivity index is 1.70. The predicted octanol–water partition coefficient (Wildman–Crippen LogP) is 3.27. The molecule has 1 aliphatic rings. The van der Waals surface area contributed by atoms with Gasteiger partial charge in [-0.15, -0.1) is 0 Å². The Hall–Kier alpha value is -2.36. The largest absolute Gasteiger partial charge is 0.353 e. The summed E-state index contributed by atoms with van der Waals surface area (Å²) in [4.78, 5) is 22.4. The SMILES string of the molecule is O=C(Cc1nccc2c1[nH]c1ccccc12)N1CCCCC1. The molecule has 2 aromatic heterocycles. The van der Waals surface area contributed by atoms with E-state index in [1.54, 1.807) is 6.20 Å². The molecule has 0 atom stereocenters. The van der Waals surface area contributed by atoms with Crippen LogP contribution in [0.5, 0.6) is 0 Å². The van der Waals surface area contributed by atoms with Crippen LogP contribution in [0.15, 0.2) is 36.5 Å². The van der Waals surface area contributed by atoms with Crippen LogP contribution in [-0.2, 0) is 11.2 Å². The van der Waals surface area contributed by atoms with E-state index >= 15 is 0 Å². The number of aromatic nitrogens is 2. The topological polar surface area (TPSA) is 49.0 Å². The number of aromatic amines is 1. The van der Waals surface area contributed by atoms with E-state index in [-0.39, 0.29) is 5.91 Å². The van der Waals surface area contributed by atoms with Gasteiger partial charge in [-0.05, 0) is 31.4 Å². The van der Waals surface area contributed by atoms with Crippen molar-refractivity contribution in [1.82, 2.24) is 14.9 Å². The minimum absolute atomic E-state index is 0.193. The van der Waals surface area contributed by atoms with Crippen LogP contribution < -0.4 is 0 Å². The fourth-order valence-corrected chi connectivity index (χ4v) is 3.36. The predicted molar refractivity (Wildman–Crippen MR) is 87.7 cm³/mol. The summed E-state index contributed by atoms with van der Waals surface area (Å²) in [5, 5.41) is 2.33. The van der Waals surface area contributed by atoms with Gasteiger partial charge in [-0.1, -0.05) is 18.2 Å². The Labute approximate surface area is 129 Å². The number of piperidine rings is 1. The van der Waals surface area contributed by atoms with Crippen LogP contribution in [0, 0.1) is 0 Å². The molecule has 0 unspecified atom stereocenters. The summed E-state index contributed by atoms with van der Waals surface area (Å²) in [5.74, 6) is 0.193. The minimum Gasteiger partial charge on any atom is -0.353 e. The van der Waals surface area contributed by atoms with Gasteiger partial charge in [0.1, 0.15) is 0 Å². The van der Waals surface area contributed by atoms with E-state index in [9.17, 15) is 4.79 Å². The number of likely N-dealkylation sites (tertiary alicyclic amines) is 1. The van der Waals surface area contributed by atoms with Crippen LogP contribution >= 0.6 is 0 Å². The quantitative estimate of drug-likeness (QED) is 0.788. The first-order valence-corrected chi connectivity index (χ1v) is 7.95. The van der Waals surface area contributed by atoms with Crippen molar-refractivity contribution in [1.29, 1.82) is 0 Å². The highest BCUT2D eigenvalue weighted by Crippen LogP contribution is 2.26. The number of amides is 1. The van der Waals surface area contributed by atoms with Crippen molar-refractivity contribution in [3.63, 3.8) is 0 Å². The minimum atomic E-state index is 0.193. The highest BCUT2D eigenvalue weighted by atomic mass is 16.2. The van der Waals surface area contributed by atoms with Gasteiger partial charge in [0.25, 0.3) is 0 Å². The molecule has 4 heteroatoms. The van der Waals surface area contributed by atoms with Crippen LogP contribution in [0.3, 0.4) is 0 Å². The molecule has 4 nitrogen and oxygen atoms in total. The standard InChI is InChI=1S/C18H19N3O/c22-17(21-10-4-1-5-11-21)12-16-18-14(8-9-19-16)13-6-2-3-7-15(13)20-18/h2-3,6-9,20H,1,4-5,10-12H2. The van der Waals surface area contributed by atoms with Crippen LogP contribution in [0.2, 0.25) is 0 Å². The van der Waals surface area contributed by atoms with Crippen molar-refractivity contribution in [2.24, 2.45) is 0 Å². The molecule has 3 heterocycles. The Bertz CT molecular complexity index is 831. The van der Waals surface area contributed by atoms with E-state index in [2.05, 4.69) is 22.1 Å². The molecule has 1 fully saturated rings. The van der Waals surface area contributed by atoms with Crippen LogP contribution in [0.4, 0.5) is 0 Å². The average molecular weight is 293 g/mol. The molecule has 3 aromatic rings. The third kappa shape index (κ3) is 2.25. The van der Waals surface area contributed by atoms with Crippen molar-refractivity contribution in [3.05, 3.63) is 42.2 Å². The van der Waals surface area contributed by atoms with Crippen molar-refractivity contribution >= 4 is 27.7 Å². The summed E-state index contributed by atoms with van der Waals surface area (Å²) in [6, 6.07) is 10.2. The summed E-state index contributed by atoms with van der Waals surface area (Å²) in [6.07, 6.45) is 5.66. The first-order valence-electron chi connectivity index (χ1n) is 7.95. The molecule has 0 aliphatic carbocycles. The molecule has 1 saturated heterocycles. The molecule has 0 bridgehead atoms. The number of para-hydroxylation sites is 1. The second-order valence-corrected chi connectivity index (χ2v) is 5.97. The molecule has 1 N–H and O–H groups in total. The first kappa shape index (κ1) is 13.3. The molecular formula is C18H19N3O. The zero-order valence-electron chi connectivity index (χ0n) is 12.5. The summed E-state index contributed by atoms with van der Waals surface area (Å²) in [7, 11) is 0. The van der Waals surface area contributed by atoms with E-state index in [1.165, 1.54) is 11.8 Å². The molecule has 1 aromatic carbocycles. The second kappa shape index (κ2) is 5.44. The number of nitrogens with one attached hydrogen (secondary N) is 1. The van der Waals surface area contributed by atoms with Gasteiger partial charge in [-0.25, -0.2) is 0 Å². The van der Waals surface area contributed by atoms with E-state index < -0.39 is 0 Å². The molecule has 0 spiro atoms. The number of rotatable bonds is 2. The molecule has 1 amide bonds. The van der Waals surface area contributed by atoms with Crippen molar-refractivity contribution in [2.75, 3.05) is 13.1 Å². The van der Waals surface area contributed by atoms with E-state index in [0.29, 0.717) is 6.42 Å². The number of carbonyl (C=O) groups is 1. The molecule has 4 rings (SSSR count). The number of fused-ring (bicyclic) bond motifs is 3. The lowest BCUT2D eigenvalue weighted by molar-refractivity contribution is -0.131. The zero-order chi connectivity index (χ0) is 14.9. The lowest BCUT2D eigenvalue weighted by Crippen LogP contribution is -2.36.